The van der Waals surface area contributed by atoms with Crippen molar-refractivity contribution in [3.8, 4) is 0 Å². The number of likely N-dealkylation sites (tertiary alicyclic amines) is 1. The van der Waals surface area contributed by atoms with E-state index in [0.717, 1.165) is 25.7 Å². The number of hydrogen-bond donors (Lipinski definition) is 2. The molecule has 0 spiro atoms. The Morgan fingerprint density at radius 3 is 2.07 bits per heavy atom. The largest absolute Gasteiger partial charge is 0.465 e. The van der Waals surface area contributed by atoms with Crippen molar-refractivity contribution in [2.75, 3.05) is 0 Å². The van der Waals surface area contributed by atoms with E-state index >= 15 is 0 Å². The zero-order chi connectivity index (χ0) is 10.7. The van der Waals surface area contributed by atoms with Gasteiger partial charge < -0.3 is 15.7 Å². The van der Waals surface area contributed by atoms with Crippen LogP contribution in [0.3, 0.4) is 0 Å². The summed E-state index contributed by atoms with van der Waals surface area (Å²) in [6.45, 7) is 4.04. The van der Waals surface area contributed by atoms with Gasteiger partial charge >= 0.3 is 6.09 Å². The van der Waals surface area contributed by atoms with Crippen LogP contribution in [-0.2, 0) is 0 Å². The zero-order valence-electron chi connectivity index (χ0n) is 8.94. The Kier molecular flexibility index (Phi) is 3.75. The Morgan fingerprint density at radius 1 is 1.36 bits per heavy atom. The lowest BCUT2D eigenvalue weighted by Crippen LogP contribution is -2.54. The van der Waals surface area contributed by atoms with E-state index in [1.807, 2.05) is 13.8 Å². The van der Waals surface area contributed by atoms with Gasteiger partial charge in [0, 0.05) is 18.1 Å². The third kappa shape index (κ3) is 2.18. The van der Waals surface area contributed by atoms with E-state index in [-0.39, 0.29) is 18.1 Å². The van der Waals surface area contributed by atoms with Gasteiger partial charge in [0.05, 0.1) is 0 Å². The number of nitrogens with zero attached hydrogens (tertiary/aromatic N) is 1. The maximum atomic E-state index is 11.1. The van der Waals surface area contributed by atoms with Gasteiger partial charge in [0.1, 0.15) is 0 Å². The lowest BCUT2D eigenvalue weighted by molar-refractivity contribution is 0.0617. The van der Waals surface area contributed by atoms with Crippen LogP contribution >= 0.6 is 0 Å². The second-order valence-electron chi connectivity index (χ2n) is 4.05. The highest BCUT2D eigenvalue weighted by Crippen LogP contribution is 2.26. The molecule has 0 aromatic carbocycles. The Balaban J connectivity index is 2.77. The molecule has 4 heteroatoms. The number of piperidine rings is 1. The molecule has 1 aliphatic rings. The first-order chi connectivity index (χ1) is 6.60. The van der Waals surface area contributed by atoms with E-state index in [2.05, 4.69) is 0 Å². The highest BCUT2D eigenvalue weighted by atomic mass is 16.4. The minimum absolute atomic E-state index is 0.112. The van der Waals surface area contributed by atoms with Crippen molar-refractivity contribution in [2.24, 2.45) is 5.73 Å². The van der Waals surface area contributed by atoms with Crippen LogP contribution in [0.4, 0.5) is 4.79 Å². The number of rotatable bonds is 2. The van der Waals surface area contributed by atoms with Crippen molar-refractivity contribution >= 4 is 6.09 Å². The zero-order valence-corrected chi connectivity index (χ0v) is 8.94. The van der Waals surface area contributed by atoms with Gasteiger partial charge in [0.15, 0.2) is 0 Å². The molecule has 0 aromatic rings. The van der Waals surface area contributed by atoms with Crippen LogP contribution in [0.2, 0.25) is 0 Å². The minimum atomic E-state index is -0.796. The minimum Gasteiger partial charge on any atom is -0.465 e. The second-order valence-corrected chi connectivity index (χ2v) is 4.05. The van der Waals surface area contributed by atoms with Gasteiger partial charge in [-0.05, 0) is 25.7 Å². The molecule has 1 fully saturated rings. The van der Waals surface area contributed by atoms with Gasteiger partial charge in [-0.25, -0.2) is 4.79 Å². The lowest BCUT2D eigenvalue weighted by Gasteiger charge is -2.42. The Labute approximate surface area is 85.1 Å². The predicted molar refractivity (Wildman–Crippen MR) is 55.2 cm³/mol. The summed E-state index contributed by atoms with van der Waals surface area (Å²) in [5, 5.41) is 9.11. The standard InChI is InChI=1S/C10H20N2O2/c1-3-8-5-7(11)6-9(4-2)12(8)10(13)14/h7-9H,3-6,11H2,1-2H3,(H,13,14). The molecule has 2 unspecified atom stereocenters. The van der Waals surface area contributed by atoms with Crippen LogP contribution < -0.4 is 5.73 Å². The lowest BCUT2D eigenvalue weighted by atomic mass is 9.89. The molecule has 14 heavy (non-hydrogen) atoms. The topological polar surface area (TPSA) is 66.6 Å². The molecule has 4 nitrogen and oxygen atoms in total. The second kappa shape index (κ2) is 4.64. The molecule has 1 heterocycles. The number of carbonyl (C=O) groups is 1. The Morgan fingerprint density at radius 2 is 1.79 bits per heavy atom. The van der Waals surface area contributed by atoms with E-state index in [9.17, 15) is 4.79 Å². The summed E-state index contributed by atoms with van der Waals surface area (Å²) in [6.07, 6.45) is 2.53. The molecule has 1 aliphatic heterocycles. The first-order valence-corrected chi connectivity index (χ1v) is 5.36. The first kappa shape index (κ1) is 11.3. The highest BCUT2D eigenvalue weighted by molar-refractivity contribution is 5.66. The van der Waals surface area contributed by atoms with Gasteiger partial charge in [-0.1, -0.05) is 13.8 Å². The molecule has 3 N–H and O–H groups in total. The maximum absolute atomic E-state index is 11.1. The highest BCUT2D eigenvalue weighted by Gasteiger charge is 2.35. The molecule has 0 radical (unpaired) electrons. The van der Waals surface area contributed by atoms with Crippen molar-refractivity contribution in [1.82, 2.24) is 4.90 Å². The molecule has 0 aliphatic carbocycles. The molecule has 1 amide bonds. The van der Waals surface area contributed by atoms with Gasteiger partial charge in [-0.15, -0.1) is 0 Å². The van der Waals surface area contributed by atoms with Crippen molar-refractivity contribution in [2.45, 2.75) is 57.7 Å². The molecule has 0 aromatic heterocycles. The number of amides is 1. The summed E-state index contributed by atoms with van der Waals surface area (Å²) in [5.41, 5.74) is 5.91. The normalized spacial score (nSPS) is 33.1. The molecule has 0 bridgehead atoms. The van der Waals surface area contributed by atoms with E-state index in [0.29, 0.717) is 0 Å². The third-order valence-electron chi connectivity index (χ3n) is 3.10. The summed E-state index contributed by atoms with van der Waals surface area (Å²) >= 11 is 0. The van der Waals surface area contributed by atoms with Gasteiger partial charge in [-0.3, -0.25) is 0 Å². The number of carboxylic acid groups (broad SMARTS) is 1. The first-order valence-electron chi connectivity index (χ1n) is 5.36. The monoisotopic (exact) mass is 200 g/mol. The fourth-order valence-corrected chi connectivity index (χ4v) is 2.36. The van der Waals surface area contributed by atoms with Gasteiger partial charge in [0.2, 0.25) is 0 Å². The van der Waals surface area contributed by atoms with Crippen molar-refractivity contribution in [1.29, 1.82) is 0 Å². The summed E-state index contributed by atoms with van der Waals surface area (Å²) in [5.74, 6) is 0. The fourth-order valence-electron chi connectivity index (χ4n) is 2.36. The average molecular weight is 200 g/mol. The molecule has 82 valence electrons. The van der Waals surface area contributed by atoms with Crippen LogP contribution in [0.5, 0.6) is 0 Å². The van der Waals surface area contributed by atoms with Crippen LogP contribution in [0.1, 0.15) is 39.5 Å². The average Bonchev–Trinajstić information content (AvgIpc) is 2.15. The third-order valence-corrected chi connectivity index (χ3v) is 3.10. The molecule has 1 saturated heterocycles. The smallest absolute Gasteiger partial charge is 0.407 e. The fraction of sp³-hybridized carbons (Fsp3) is 0.900. The van der Waals surface area contributed by atoms with Gasteiger partial charge in [0.25, 0.3) is 0 Å². The summed E-state index contributed by atoms with van der Waals surface area (Å²) in [7, 11) is 0. The van der Waals surface area contributed by atoms with Crippen molar-refractivity contribution < 1.29 is 9.90 Å². The molecule has 1 rings (SSSR count). The summed E-state index contributed by atoms with van der Waals surface area (Å²) in [4.78, 5) is 12.7. The molecule has 2 atom stereocenters. The van der Waals surface area contributed by atoms with E-state index < -0.39 is 6.09 Å². The maximum Gasteiger partial charge on any atom is 0.407 e. The van der Waals surface area contributed by atoms with Crippen LogP contribution in [-0.4, -0.2) is 34.2 Å². The van der Waals surface area contributed by atoms with Crippen LogP contribution in [0.25, 0.3) is 0 Å². The SMILES string of the molecule is CCC1CC(N)CC(CC)N1C(=O)O. The van der Waals surface area contributed by atoms with Gasteiger partial charge in [-0.2, -0.15) is 0 Å². The predicted octanol–water partition coefficient (Wildman–Crippen LogP) is 1.64. The van der Waals surface area contributed by atoms with Crippen molar-refractivity contribution in [3.63, 3.8) is 0 Å². The van der Waals surface area contributed by atoms with Crippen LogP contribution in [0.15, 0.2) is 0 Å². The molecule has 0 saturated carbocycles. The van der Waals surface area contributed by atoms with E-state index in [1.54, 1.807) is 4.90 Å². The Hall–Kier alpha value is -0.770. The van der Waals surface area contributed by atoms with Crippen LogP contribution in [0, 0.1) is 0 Å². The quantitative estimate of drug-likeness (QED) is 0.712. The number of nitrogens with two attached hydrogens (primary N) is 1. The van der Waals surface area contributed by atoms with Crippen molar-refractivity contribution in [3.05, 3.63) is 0 Å². The van der Waals surface area contributed by atoms with E-state index in [4.69, 9.17) is 10.8 Å². The molecular formula is C10H20N2O2. The van der Waals surface area contributed by atoms with E-state index in [1.165, 1.54) is 0 Å². The summed E-state index contributed by atoms with van der Waals surface area (Å²) < 4.78 is 0. The summed E-state index contributed by atoms with van der Waals surface area (Å²) in [6, 6.07) is 0.392. The Bertz CT molecular complexity index is 194. The number of hydrogen-bond acceptors (Lipinski definition) is 2. The molecular weight excluding hydrogens is 180 g/mol.